The fourth-order valence-electron chi connectivity index (χ4n) is 1.11. The van der Waals surface area contributed by atoms with Gasteiger partial charge in [-0.1, -0.05) is 24.3 Å². The molecule has 0 unspecified atom stereocenters. The summed E-state index contributed by atoms with van der Waals surface area (Å²) in [6, 6.07) is 4.10. The minimum absolute atomic E-state index is 0.222. The fraction of sp³-hybridized carbons (Fsp3) is 0.200. The average Bonchev–Trinajstić information content (AvgIpc) is 2.20. The monoisotopic (exact) mass is 210 g/mol. The van der Waals surface area contributed by atoms with Crippen LogP contribution in [0.25, 0.3) is 6.08 Å². The first-order chi connectivity index (χ1) is 7.16. The van der Waals surface area contributed by atoms with Gasteiger partial charge in [0.25, 0.3) is 0 Å². The molecule has 0 aromatic heterocycles. The third-order valence-corrected chi connectivity index (χ3v) is 1.82. The molecular formula is C10H11FN2O2. The zero-order chi connectivity index (χ0) is 11.3. The molecule has 0 saturated heterocycles. The number of hydrogen-bond donors (Lipinski definition) is 1. The largest absolute Gasteiger partial charge is 0.316 e. The fourth-order valence-corrected chi connectivity index (χ4v) is 1.11. The number of nitrogens with one attached hydrogen (secondary N) is 1. The van der Waals surface area contributed by atoms with Crippen molar-refractivity contribution in [1.82, 2.24) is 5.32 Å². The van der Waals surface area contributed by atoms with Gasteiger partial charge in [0.05, 0.1) is 4.92 Å². The summed E-state index contributed by atoms with van der Waals surface area (Å²) in [7, 11) is 1.76. The molecule has 0 atom stereocenters. The Morgan fingerprint density at radius 2 is 2.33 bits per heavy atom. The number of nitrogens with zero attached hydrogens (tertiary/aromatic N) is 1. The molecule has 0 spiro atoms. The Labute approximate surface area is 86.6 Å². The van der Waals surface area contributed by atoms with Crippen molar-refractivity contribution < 1.29 is 9.31 Å². The third kappa shape index (κ3) is 2.85. The van der Waals surface area contributed by atoms with Crippen molar-refractivity contribution in [2.24, 2.45) is 0 Å². The zero-order valence-electron chi connectivity index (χ0n) is 8.24. The second kappa shape index (κ2) is 5.21. The predicted octanol–water partition coefficient (Wildman–Crippen LogP) is 1.97. The van der Waals surface area contributed by atoms with Crippen LogP contribution in [0.2, 0.25) is 0 Å². The first-order valence-corrected chi connectivity index (χ1v) is 4.41. The van der Waals surface area contributed by atoms with E-state index in [4.69, 9.17) is 0 Å². The number of nitro groups is 1. The molecule has 0 aliphatic rings. The highest BCUT2D eigenvalue weighted by molar-refractivity contribution is 5.54. The topological polar surface area (TPSA) is 55.2 Å². The van der Waals surface area contributed by atoms with Crippen molar-refractivity contribution in [2.75, 3.05) is 13.6 Å². The Morgan fingerprint density at radius 1 is 1.60 bits per heavy atom. The zero-order valence-corrected chi connectivity index (χ0v) is 8.24. The number of rotatable bonds is 4. The molecule has 1 rings (SSSR count). The lowest BCUT2D eigenvalue weighted by Gasteiger charge is -1.97. The number of nitro benzene ring substituents is 1. The molecule has 0 aliphatic carbocycles. The van der Waals surface area contributed by atoms with Crippen molar-refractivity contribution in [2.45, 2.75) is 0 Å². The van der Waals surface area contributed by atoms with Crippen LogP contribution in [-0.4, -0.2) is 18.5 Å². The van der Waals surface area contributed by atoms with Crippen LogP contribution >= 0.6 is 0 Å². The number of likely N-dealkylation sites (N-methyl/N-ethyl adjacent to an activating group) is 1. The Bertz CT molecular complexity index is 391. The quantitative estimate of drug-likeness (QED) is 0.610. The smallest absolute Gasteiger partial charge is 0.305 e. The van der Waals surface area contributed by atoms with Gasteiger partial charge < -0.3 is 5.32 Å². The molecule has 0 bridgehead atoms. The summed E-state index contributed by atoms with van der Waals surface area (Å²) in [6.45, 7) is 0.585. The van der Waals surface area contributed by atoms with E-state index in [0.29, 0.717) is 6.54 Å². The molecule has 1 aromatic carbocycles. The van der Waals surface area contributed by atoms with E-state index in [0.717, 1.165) is 6.07 Å². The van der Waals surface area contributed by atoms with Crippen LogP contribution < -0.4 is 5.32 Å². The molecule has 15 heavy (non-hydrogen) atoms. The summed E-state index contributed by atoms with van der Waals surface area (Å²) >= 11 is 0. The summed E-state index contributed by atoms with van der Waals surface area (Å²) in [4.78, 5) is 9.70. The van der Waals surface area contributed by atoms with Crippen molar-refractivity contribution >= 4 is 11.8 Å². The van der Waals surface area contributed by atoms with Crippen LogP contribution in [0.3, 0.4) is 0 Å². The number of benzene rings is 1. The molecular weight excluding hydrogens is 199 g/mol. The maximum absolute atomic E-state index is 13.4. The van der Waals surface area contributed by atoms with Crippen LogP contribution in [0.4, 0.5) is 10.1 Å². The van der Waals surface area contributed by atoms with E-state index in [1.807, 2.05) is 0 Å². The average molecular weight is 210 g/mol. The normalized spacial score (nSPS) is 10.8. The Morgan fingerprint density at radius 3 is 2.93 bits per heavy atom. The minimum atomic E-state index is -0.796. The van der Waals surface area contributed by atoms with Crippen molar-refractivity contribution in [3.63, 3.8) is 0 Å². The molecule has 0 saturated carbocycles. The number of hydrogen-bond acceptors (Lipinski definition) is 3. The summed E-state index contributed by atoms with van der Waals surface area (Å²) in [6.07, 6.45) is 3.21. The van der Waals surface area contributed by atoms with Gasteiger partial charge in [-0.3, -0.25) is 10.1 Å². The van der Waals surface area contributed by atoms with E-state index in [2.05, 4.69) is 5.32 Å². The first kappa shape index (κ1) is 11.3. The third-order valence-electron chi connectivity index (χ3n) is 1.82. The molecule has 0 aliphatic heterocycles. The van der Waals surface area contributed by atoms with Crippen molar-refractivity contribution in [1.29, 1.82) is 0 Å². The van der Waals surface area contributed by atoms with Gasteiger partial charge in [0.15, 0.2) is 0 Å². The predicted molar refractivity (Wildman–Crippen MR) is 56.0 cm³/mol. The van der Waals surface area contributed by atoms with Gasteiger partial charge in [0.1, 0.15) is 0 Å². The summed E-state index contributed by atoms with van der Waals surface area (Å²) < 4.78 is 13.4. The molecule has 0 fully saturated rings. The minimum Gasteiger partial charge on any atom is -0.316 e. The standard InChI is InChI=1S/C10H11FN2O2/c1-12-7-3-5-8-4-2-6-9(10(8)11)13(14)15/h2-6,12H,7H2,1H3. The van der Waals surface area contributed by atoms with E-state index in [-0.39, 0.29) is 5.56 Å². The highest BCUT2D eigenvalue weighted by Gasteiger charge is 2.15. The van der Waals surface area contributed by atoms with Crippen LogP contribution in [0, 0.1) is 15.9 Å². The number of halogens is 1. The van der Waals surface area contributed by atoms with Gasteiger partial charge >= 0.3 is 5.69 Å². The molecule has 5 heteroatoms. The highest BCUT2D eigenvalue weighted by Crippen LogP contribution is 2.20. The highest BCUT2D eigenvalue weighted by atomic mass is 19.1. The summed E-state index contributed by atoms with van der Waals surface area (Å²) in [5.74, 6) is -0.796. The SMILES string of the molecule is CNCC=Cc1cccc([N+](=O)[O-])c1F. The van der Waals surface area contributed by atoms with Gasteiger partial charge in [-0.2, -0.15) is 4.39 Å². The Balaban J connectivity index is 2.99. The molecule has 1 N–H and O–H groups in total. The van der Waals surface area contributed by atoms with Crippen molar-refractivity contribution in [3.8, 4) is 0 Å². The van der Waals surface area contributed by atoms with Crippen LogP contribution in [0.5, 0.6) is 0 Å². The lowest BCUT2D eigenvalue weighted by molar-refractivity contribution is -0.387. The van der Waals surface area contributed by atoms with E-state index in [9.17, 15) is 14.5 Å². The second-order valence-corrected chi connectivity index (χ2v) is 2.90. The second-order valence-electron chi connectivity index (χ2n) is 2.90. The van der Waals surface area contributed by atoms with Crippen LogP contribution in [-0.2, 0) is 0 Å². The summed E-state index contributed by atoms with van der Waals surface area (Å²) in [5, 5.41) is 13.3. The molecule has 0 radical (unpaired) electrons. The van der Waals surface area contributed by atoms with Crippen molar-refractivity contribution in [3.05, 3.63) is 45.8 Å². The summed E-state index contributed by atoms with van der Waals surface area (Å²) in [5.41, 5.74) is -0.277. The van der Waals surface area contributed by atoms with Crippen LogP contribution in [0.1, 0.15) is 5.56 Å². The van der Waals surface area contributed by atoms with E-state index in [1.165, 1.54) is 18.2 Å². The molecule has 4 nitrogen and oxygen atoms in total. The molecule has 80 valence electrons. The van der Waals surface area contributed by atoms with Gasteiger partial charge in [0.2, 0.25) is 5.82 Å². The van der Waals surface area contributed by atoms with Gasteiger partial charge in [-0.15, -0.1) is 0 Å². The first-order valence-electron chi connectivity index (χ1n) is 4.41. The van der Waals surface area contributed by atoms with E-state index in [1.54, 1.807) is 13.1 Å². The Kier molecular flexibility index (Phi) is 3.93. The maximum Gasteiger partial charge on any atom is 0.305 e. The van der Waals surface area contributed by atoms with Gasteiger partial charge in [-0.25, -0.2) is 0 Å². The Hall–Kier alpha value is -1.75. The maximum atomic E-state index is 13.4. The van der Waals surface area contributed by atoms with Crippen LogP contribution in [0.15, 0.2) is 24.3 Å². The molecule has 0 heterocycles. The molecule has 1 aromatic rings. The van der Waals surface area contributed by atoms with E-state index < -0.39 is 16.4 Å². The lowest BCUT2D eigenvalue weighted by atomic mass is 10.1. The molecule has 0 amide bonds. The van der Waals surface area contributed by atoms with Gasteiger partial charge in [-0.05, 0) is 7.05 Å². The van der Waals surface area contributed by atoms with Gasteiger partial charge in [0, 0.05) is 18.2 Å². The lowest BCUT2D eigenvalue weighted by Crippen LogP contribution is -2.03. The van der Waals surface area contributed by atoms with E-state index >= 15 is 0 Å².